The van der Waals surface area contributed by atoms with Crippen molar-refractivity contribution in [2.45, 2.75) is 24.3 Å². The molecule has 0 aliphatic carbocycles. The van der Waals surface area contributed by atoms with Crippen LogP contribution in [-0.2, 0) is 4.79 Å². The average molecular weight is 291 g/mol. The molecule has 0 saturated heterocycles. The van der Waals surface area contributed by atoms with E-state index in [0.717, 1.165) is 4.47 Å². The lowest BCUT2D eigenvalue weighted by Crippen LogP contribution is -2.22. The zero-order valence-corrected chi connectivity index (χ0v) is 10.7. The summed E-state index contributed by atoms with van der Waals surface area (Å²) in [5.41, 5.74) is 0. The van der Waals surface area contributed by atoms with Crippen molar-refractivity contribution in [3.05, 3.63) is 16.9 Å². The van der Waals surface area contributed by atoms with Crippen molar-refractivity contribution in [3.63, 3.8) is 0 Å². The van der Waals surface area contributed by atoms with Gasteiger partial charge in [0.05, 0.1) is 4.47 Å². The highest BCUT2D eigenvalue weighted by Gasteiger charge is 2.23. The zero-order chi connectivity index (χ0) is 11.4. The van der Waals surface area contributed by atoms with Crippen LogP contribution in [0.4, 0.5) is 0 Å². The second kappa shape index (κ2) is 5.46. The third-order valence-electron chi connectivity index (χ3n) is 1.68. The van der Waals surface area contributed by atoms with Crippen LogP contribution >= 0.6 is 27.7 Å². The zero-order valence-electron chi connectivity index (χ0n) is 8.35. The molecular formula is C9H11BrN2O2S. The predicted octanol–water partition coefficient (Wildman–Crippen LogP) is 2.44. The molecule has 1 rings (SSSR count). The number of aliphatic carboxylic acids is 1. The monoisotopic (exact) mass is 290 g/mol. The van der Waals surface area contributed by atoms with Crippen molar-refractivity contribution in [2.75, 3.05) is 0 Å². The van der Waals surface area contributed by atoms with Crippen LogP contribution in [0.25, 0.3) is 0 Å². The minimum Gasteiger partial charge on any atom is -0.480 e. The highest BCUT2D eigenvalue weighted by Crippen LogP contribution is 2.25. The van der Waals surface area contributed by atoms with Crippen molar-refractivity contribution >= 4 is 33.7 Å². The van der Waals surface area contributed by atoms with Gasteiger partial charge in [0.25, 0.3) is 0 Å². The van der Waals surface area contributed by atoms with Crippen LogP contribution in [0.15, 0.2) is 22.0 Å². The lowest BCUT2D eigenvalue weighted by atomic mass is 10.1. The number of rotatable bonds is 4. The van der Waals surface area contributed by atoms with E-state index in [-0.39, 0.29) is 5.92 Å². The molecule has 0 saturated carbocycles. The molecule has 4 nitrogen and oxygen atoms in total. The fraction of sp³-hybridized carbons (Fsp3) is 0.444. The molecule has 1 unspecified atom stereocenters. The maximum Gasteiger partial charge on any atom is 0.317 e. The Morgan fingerprint density at radius 3 is 2.40 bits per heavy atom. The van der Waals surface area contributed by atoms with Gasteiger partial charge in [0, 0.05) is 12.4 Å². The summed E-state index contributed by atoms with van der Waals surface area (Å²) in [6.07, 6.45) is 3.21. The van der Waals surface area contributed by atoms with Gasteiger partial charge >= 0.3 is 5.97 Å². The first-order valence-corrected chi connectivity index (χ1v) is 6.05. The highest BCUT2D eigenvalue weighted by atomic mass is 79.9. The van der Waals surface area contributed by atoms with Crippen LogP contribution < -0.4 is 0 Å². The van der Waals surface area contributed by atoms with E-state index >= 15 is 0 Å². The molecule has 1 N–H and O–H groups in total. The van der Waals surface area contributed by atoms with E-state index in [4.69, 9.17) is 5.11 Å². The van der Waals surface area contributed by atoms with Gasteiger partial charge in [0.2, 0.25) is 0 Å². The molecule has 1 heterocycles. The first-order chi connectivity index (χ1) is 7.00. The average Bonchev–Trinajstić information content (AvgIpc) is 2.15. The number of hydrogen-bond donors (Lipinski definition) is 1. The first kappa shape index (κ1) is 12.4. The standard InChI is InChI=1S/C9H11BrN2O2S/c1-5(2)7(8(13)14)15-9-11-3-6(10)4-12-9/h3-5,7H,1-2H3,(H,13,14). The molecule has 1 atom stereocenters. The number of halogens is 1. The summed E-state index contributed by atoms with van der Waals surface area (Å²) in [7, 11) is 0. The van der Waals surface area contributed by atoms with Gasteiger partial charge in [-0.05, 0) is 21.8 Å². The summed E-state index contributed by atoms with van der Waals surface area (Å²) in [5, 5.41) is 8.95. The second-order valence-electron chi connectivity index (χ2n) is 3.30. The summed E-state index contributed by atoms with van der Waals surface area (Å²) in [6.45, 7) is 3.73. The molecule has 0 aromatic carbocycles. The molecule has 0 bridgehead atoms. The Morgan fingerprint density at radius 2 is 2.00 bits per heavy atom. The van der Waals surface area contributed by atoms with Gasteiger partial charge in [-0.1, -0.05) is 25.6 Å². The summed E-state index contributed by atoms with van der Waals surface area (Å²) in [5.74, 6) is -0.790. The van der Waals surface area contributed by atoms with E-state index in [1.54, 1.807) is 12.4 Å². The number of thioether (sulfide) groups is 1. The van der Waals surface area contributed by atoms with E-state index in [2.05, 4.69) is 25.9 Å². The third-order valence-corrected chi connectivity index (χ3v) is 3.51. The fourth-order valence-corrected chi connectivity index (χ4v) is 1.98. The molecule has 0 spiro atoms. The minimum absolute atomic E-state index is 0.0414. The van der Waals surface area contributed by atoms with Crippen molar-refractivity contribution < 1.29 is 9.90 Å². The van der Waals surface area contributed by atoms with Crippen LogP contribution in [0.3, 0.4) is 0 Å². The fourth-order valence-electron chi connectivity index (χ4n) is 0.947. The smallest absolute Gasteiger partial charge is 0.317 e. The van der Waals surface area contributed by atoms with Gasteiger partial charge in [-0.2, -0.15) is 0 Å². The largest absolute Gasteiger partial charge is 0.480 e. The minimum atomic E-state index is -0.832. The van der Waals surface area contributed by atoms with Crippen molar-refractivity contribution in [1.82, 2.24) is 9.97 Å². The Hall–Kier alpha value is -0.620. The van der Waals surface area contributed by atoms with Crippen LogP contribution in [0, 0.1) is 5.92 Å². The van der Waals surface area contributed by atoms with Crippen LogP contribution in [0.2, 0.25) is 0 Å². The molecule has 15 heavy (non-hydrogen) atoms. The van der Waals surface area contributed by atoms with Crippen LogP contribution in [0.5, 0.6) is 0 Å². The SMILES string of the molecule is CC(C)C(Sc1ncc(Br)cn1)C(=O)O. The Balaban J connectivity index is 2.74. The van der Waals surface area contributed by atoms with Crippen LogP contribution in [-0.4, -0.2) is 26.3 Å². The van der Waals surface area contributed by atoms with E-state index in [0.29, 0.717) is 5.16 Å². The molecule has 0 aliphatic rings. The molecule has 0 fully saturated rings. The summed E-state index contributed by atoms with van der Waals surface area (Å²) >= 11 is 4.39. The molecule has 6 heteroatoms. The topological polar surface area (TPSA) is 63.1 Å². The molecule has 1 aromatic heterocycles. The van der Waals surface area contributed by atoms with E-state index in [1.165, 1.54) is 11.8 Å². The number of nitrogens with zero attached hydrogens (tertiary/aromatic N) is 2. The lowest BCUT2D eigenvalue weighted by molar-refractivity contribution is -0.137. The maximum absolute atomic E-state index is 10.9. The molecule has 0 aliphatic heterocycles. The van der Waals surface area contributed by atoms with Gasteiger partial charge in [0.1, 0.15) is 5.25 Å². The van der Waals surface area contributed by atoms with Gasteiger partial charge in [-0.3, -0.25) is 4.79 Å². The summed E-state index contributed by atoms with van der Waals surface area (Å²) in [4.78, 5) is 19.0. The highest BCUT2D eigenvalue weighted by molar-refractivity contribution is 9.10. The van der Waals surface area contributed by atoms with Gasteiger partial charge in [-0.15, -0.1) is 0 Å². The molecule has 0 amide bonds. The van der Waals surface area contributed by atoms with Gasteiger partial charge in [-0.25, -0.2) is 9.97 Å². The molecule has 1 aromatic rings. The second-order valence-corrected chi connectivity index (χ2v) is 5.33. The Bertz CT molecular complexity index is 342. The maximum atomic E-state index is 10.9. The predicted molar refractivity (Wildman–Crippen MR) is 61.9 cm³/mol. The lowest BCUT2D eigenvalue weighted by Gasteiger charge is -2.13. The first-order valence-electron chi connectivity index (χ1n) is 4.37. The van der Waals surface area contributed by atoms with Crippen molar-refractivity contribution in [3.8, 4) is 0 Å². The number of aromatic nitrogens is 2. The van der Waals surface area contributed by atoms with Crippen molar-refractivity contribution in [2.24, 2.45) is 5.92 Å². The quantitative estimate of drug-likeness (QED) is 0.682. The van der Waals surface area contributed by atoms with Gasteiger partial charge < -0.3 is 5.11 Å². The van der Waals surface area contributed by atoms with Crippen LogP contribution in [0.1, 0.15) is 13.8 Å². The van der Waals surface area contributed by atoms with Gasteiger partial charge in [0.15, 0.2) is 5.16 Å². The molecule has 82 valence electrons. The van der Waals surface area contributed by atoms with E-state index < -0.39 is 11.2 Å². The summed E-state index contributed by atoms with van der Waals surface area (Å²) in [6, 6.07) is 0. The third kappa shape index (κ3) is 3.79. The number of carboxylic acid groups (broad SMARTS) is 1. The number of hydrogen-bond acceptors (Lipinski definition) is 4. The molecular weight excluding hydrogens is 280 g/mol. The van der Waals surface area contributed by atoms with E-state index in [9.17, 15) is 4.79 Å². The molecule has 0 radical (unpaired) electrons. The van der Waals surface area contributed by atoms with Crippen molar-refractivity contribution in [1.29, 1.82) is 0 Å². The number of carbonyl (C=O) groups is 1. The normalized spacial score (nSPS) is 12.8. The number of carboxylic acids is 1. The Kier molecular flexibility index (Phi) is 4.53. The van der Waals surface area contributed by atoms with E-state index in [1.807, 2.05) is 13.8 Å². The Labute approximate surface area is 101 Å². The summed E-state index contributed by atoms with van der Waals surface area (Å²) < 4.78 is 0.781. The Morgan fingerprint density at radius 1 is 1.47 bits per heavy atom.